The summed E-state index contributed by atoms with van der Waals surface area (Å²) < 4.78 is 7.65. The maximum Gasteiger partial charge on any atom is 0.410 e. The summed E-state index contributed by atoms with van der Waals surface area (Å²) in [6.45, 7) is 9.70. The van der Waals surface area contributed by atoms with Crippen LogP contribution >= 0.6 is 15.9 Å². The number of nitrogens with one attached hydrogen (secondary N) is 1. The summed E-state index contributed by atoms with van der Waals surface area (Å²) in [5, 5.41) is 0. The maximum absolute atomic E-state index is 13.0. The van der Waals surface area contributed by atoms with Crippen molar-refractivity contribution in [3.8, 4) is 0 Å². The molecule has 1 amide bonds. The fourth-order valence-electron chi connectivity index (χ4n) is 3.03. The van der Waals surface area contributed by atoms with E-state index in [9.17, 15) is 9.59 Å². The Morgan fingerprint density at radius 2 is 1.96 bits per heavy atom. The van der Waals surface area contributed by atoms with E-state index in [1.165, 1.54) is 4.40 Å². The van der Waals surface area contributed by atoms with Gasteiger partial charge in [-0.05, 0) is 43.1 Å². The van der Waals surface area contributed by atoms with Crippen LogP contribution in [-0.2, 0) is 11.2 Å². The van der Waals surface area contributed by atoms with Crippen LogP contribution in [0.1, 0.15) is 33.4 Å². The lowest BCUT2D eigenvalue weighted by Crippen LogP contribution is -2.51. The highest BCUT2D eigenvalue weighted by atomic mass is 79.9. The number of rotatable bonds is 2. The molecule has 2 aromatic rings. The molecule has 0 saturated carbocycles. The Labute approximate surface area is 160 Å². The van der Waals surface area contributed by atoms with Crippen molar-refractivity contribution < 1.29 is 9.53 Å². The number of fused-ring (bicyclic) bond motifs is 1. The van der Waals surface area contributed by atoms with Crippen molar-refractivity contribution >= 4 is 33.5 Å². The number of imidazole rings is 1. The summed E-state index contributed by atoms with van der Waals surface area (Å²) >= 11 is 3.35. The summed E-state index contributed by atoms with van der Waals surface area (Å²) in [6, 6.07) is 0. The SMILES string of the molecule is CCc1nc2[nH]c(Br)cn2c(=O)c1N1CCN(C(=O)OC(C)(C)C)CC1. The topological polar surface area (TPSA) is 82.9 Å². The Morgan fingerprint density at radius 3 is 2.54 bits per heavy atom. The largest absolute Gasteiger partial charge is 0.444 e. The molecule has 1 aliphatic rings. The minimum absolute atomic E-state index is 0.0977. The lowest BCUT2D eigenvalue weighted by atomic mass is 10.2. The summed E-state index contributed by atoms with van der Waals surface area (Å²) in [5.74, 6) is 0.523. The van der Waals surface area contributed by atoms with Gasteiger partial charge in [-0.3, -0.25) is 4.79 Å². The molecule has 0 aromatic carbocycles. The standard InChI is InChI=1S/C17H24BrN5O3/c1-5-11-13(14(24)23-10-12(18)20-15(23)19-11)21-6-8-22(9-7-21)16(25)26-17(2,3)4/h10H,5-9H2,1-4H3,(H,19,20). The molecule has 3 rings (SSSR count). The van der Waals surface area contributed by atoms with Crippen LogP contribution in [-0.4, -0.2) is 57.1 Å². The number of nitrogens with zero attached hydrogens (tertiary/aromatic N) is 4. The number of aromatic nitrogens is 3. The summed E-state index contributed by atoms with van der Waals surface area (Å²) in [6.07, 6.45) is 2.03. The van der Waals surface area contributed by atoms with Crippen molar-refractivity contribution in [1.29, 1.82) is 0 Å². The number of anilines is 1. The highest BCUT2D eigenvalue weighted by molar-refractivity contribution is 9.10. The van der Waals surface area contributed by atoms with E-state index >= 15 is 0 Å². The van der Waals surface area contributed by atoms with E-state index in [0.29, 0.717) is 48.7 Å². The van der Waals surface area contributed by atoms with E-state index in [1.54, 1.807) is 11.1 Å². The molecule has 0 unspecified atom stereocenters. The summed E-state index contributed by atoms with van der Waals surface area (Å²) in [7, 11) is 0. The van der Waals surface area contributed by atoms with Crippen molar-refractivity contribution in [3.63, 3.8) is 0 Å². The number of H-pyrrole nitrogens is 1. The predicted molar refractivity (Wildman–Crippen MR) is 103 cm³/mol. The molecule has 0 aliphatic carbocycles. The second-order valence-corrected chi connectivity index (χ2v) is 8.17. The first-order chi connectivity index (χ1) is 12.2. The summed E-state index contributed by atoms with van der Waals surface area (Å²) in [5.41, 5.74) is 0.758. The molecule has 0 bridgehead atoms. The molecule has 1 fully saturated rings. The van der Waals surface area contributed by atoms with E-state index in [-0.39, 0.29) is 11.7 Å². The second-order valence-electron chi connectivity index (χ2n) is 7.32. The molecule has 8 nitrogen and oxygen atoms in total. The minimum atomic E-state index is -0.515. The molecule has 1 N–H and O–H groups in total. The Hall–Kier alpha value is -2.03. The molecule has 9 heteroatoms. The van der Waals surface area contributed by atoms with Gasteiger partial charge in [-0.15, -0.1) is 0 Å². The van der Waals surface area contributed by atoms with E-state index in [0.717, 1.165) is 5.69 Å². The smallest absolute Gasteiger partial charge is 0.410 e. The Morgan fingerprint density at radius 1 is 1.31 bits per heavy atom. The zero-order valence-electron chi connectivity index (χ0n) is 15.5. The van der Waals surface area contributed by atoms with E-state index < -0.39 is 5.60 Å². The molecule has 2 aromatic heterocycles. The van der Waals surface area contributed by atoms with Crippen molar-refractivity contribution in [3.05, 3.63) is 26.8 Å². The molecular weight excluding hydrogens is 402 g/mol. The van der Waals surface area contributed by atoms with Crippen LogP contribution < -0.4 is 10.5 Å². The van der Waals surface area contributed by atoms with Crippen LogP contribution in [0.5, 0.6) is 0 Å². The van der Waals surface area contributed by atoms with Gasteiger partial charge < -0.3 is 19.5 Å². The molecule has 0 radical (unpaired) electrons. The monoisotopic (exact) mass is 425 g/mol. The first-order valence-corrected chi connectivity index (χ1v) is 9.51. The van der Waals surface area contributed by atoms with Crippen LogP contribution in [0.4, 0.5) is 10.5 Å². The number of carbonyl (C=O) groups excluding carboxylic acids is 1. The van der Waals surface area contributed by atoms with Crippen LogP contribution in [0, 0.1) is 0 Å². The quantitative estimate of drug-likeness (QED) is 0.798. The number of hydrogen-bond acceptors (Lipinski definition) is 5. The molecule has 3 heterocycles. The van der Waals surface area contributed by atoms with Gasteiger partial charge in [0, 0.05) is 32.4 Å². The van der Waals surface area contributed by atoms with Gasteiger partial charge in [0.2, 0.25) is 5.78 Å². The zero-order chi connectivity index (χ0) is 19.1. The van der Waals surface area contributed by atoms with Crippen molar-refractivity contribution in [2.24, 2.45) is 0 Å². The van der Waals surface area contributed by atoms with Crippen LogP contribution in [0.25, 0.3) is 5.78 Å². The van der Waals surface area contributed by atoms with Crippen molar-refractivity contribution in [2.45, 2.75) is 39.7 Å². The number of carbonyl (C=O) groups is 1. The maximum atomic E-state index is 13.0. The van der Waals surface area contributed by atoms with Gasteiger partial charge >= 0.3 is 6.09 Å². The van der Waals surface area contributed by atoms with Crippen LogP contribution in [0.3, 0.4) is 0 Å². The number of aryl methyl sites for hydroxylation is 1. The van der Waals surface area contributed by atoms with Crippen molar-refractivity contribution in [1.82, 2.24) is 19.3 Å². The van der Waals surface area contributed by atoms with E-state index in [1.807, 2.05) is 32.6 Å². The van der Waals surface area contributed by atoms with Crippen LogP contribution in [0.2, 0.25) is 0 Å². The zero-order valence-corrected chi connectivity index (χ0v) is 17.1. The Balaban J connectivity index is 1.82. The highest BCUT2D eigenvalue weighted by Crippen LogP contribution is 2.20. The van der Waals surface area contributed by atoms with Gasteiger partial charge in [-0.1, -0.05) is 6.92 Å². The molecule has 26 heavy (non-hydrogen) atoms. The molecular formula is C17H24BrN5O3. The second kappa shape index (κ2) is 6.94. The third-order valence-corrected chi connectivity index (χ3v) is 4.62. The van der Waals surface area contributed by atoms with Crippen molar-refractivity contribution in [2.75, 3.05) is 31.1 Å². The Bertz CT molecular complexity index is 875. The molecule has 0 atom stereocenters. The highest BCUT2D eigenvalue weighted by Gasteiger charge is 2.28. The molecule has 0 spiro atoms. The number of halogens is 1. The van der Waals surface area contributed by atoms with Gasteiger partial charge in [0.1, 0.15) is 15.9 Å². The first-order valence-electron chi connectivity index (χ1n) is 8.72. The van der Waals surface area contributed by atoms with Gasteiger partial charge in [-0.25, -0.2) is 14.2 Å². The predicted octanol–water partition coefficient (Wildman–Crippen LogP) is 2.40. The fourth-order valence-corrected chi connectivity index (χ4v) is 3.41. The lowest BCUT2D eigenvalue weighted by molar-refractivity contribution is 0.0240. The van der Waals surface area contributed by atoms with Crippen LogP contribution in [0.15, 0.2) is 15.6 Å². The van der Waals surface area contributed by atoms with Gasteiger partial charge in [0.05, 0.1) is 5.69 Å². The molecule has 1 saturated heterocycles. The lowest BCUT2D eigenvalue weighted by Gasteiger charge is -2.36. The minimum Gasteiger partial charge on any atom is -0.444 e. The van der Waals surface area contributed by atoms with Gasteiger partial charge in [0.15, 0.2) is 0 Å². The van der Waals surface area contributed by atoms with E-state index in [2.05, 4.69) is 25.9 Å². The third-order valence-electron chi connectivity index (χ3n) is 4.22. The number of hydrogen-bond donors (Lipinski definition) is 1. The average Bonchev–Trinajstić information content (AvgIpc) is 2.94. The number of amides is 1. The molecule has 142 valence electrons. The van der Waals surface area contributed by atoms with Gasteiger partial charge in [-0.2, -0.15) is 0 Å². The fraction of sp³-hybridized carbons (Fsp3) is 0.588. The molecule has 1 aliphatic heterocycles. The average molecular weight is 426 g/mol. The number of piperazine rings is 1. The number of ether oxygens (including phenoxy) is 1. The Kier molecular flexibility index (Phi) is 5.01. The first kappa shape index (κ1) is 18.8. The van der Waals surface area contributed by atoms with Gasteiger partial charge in [0.25, 0.3) is 5.56 Å². The summed E-state index contributed by atoms with van der Waals surface area (Å²) in [4.78, 5) is 36.5. The third kappa shape index (κ3) is 3.72. The van der Waals surface area contributed by atoms with E-state index in [4.69, 9.17) is 4.74 Å². The normalized spacial score (nSPS) is 15.6. The number of aromatic amines is 1.